The van der Waals surface area contributed by atoms with Gasteiger partial charge < -0.3 is 34.2 Å². The molecule has 10 nitrogen and oxygen atoms in total. The smallest absolute Gasteiger partial charge is 0.318 e. The maximum atomic E-state index is 12.1. The van der Waals surface area contributed by atoms with Crippen molar-refractivity contribution >= 4 is 17.4 Å². The lowest BCUT2D eigenvalue weighted by Crippen LogP contribution is -2.49. The number of benzene rings is 1. The minimum atomic E-state index is -0.0844. The van der Waals surface area contributed by atoms with Gasteiger partial charge in [0.25, 0.3) is 0 Å². The quantitative estimate of drug-likeness (QED) is 0.550. The van der Waals surface area contributed by atoms with Crippen molar-refractivity contribution < 1.29 is 19.4 Å². The minimum Gasteiger partial charge on any atom is -0.508 e. The second-order valence-corrected chi connectivity index (χ2v) is 9.49. The summed E-state index contributed by atoms with van der Waals surface area (Å²) in [6.45, 7) is 10.2. The normalized spacial score (nSPS) is 16.5. The van der Waals surface area contributed by atoms with Crippen LogP contribution in [-0.2, 0) is 17.8 Å². The molecule has 0 spiro atoms. The lowest BCUT2D eigenvalue weighted by atomic mass is 10.0. The van der Waals surface area contributed by atoms with Crippen molar-refractivity contribution in [1.82, 2.24) is 19.8 Å². The van der Waals surface area contributed by atoms with Crippen LogP contribution in [-0.4, -0.2) is 97.4 Å². The number of piperazine rings is 1. The number of aromatic nitrogens is 2. The van der Waals surface area contributed by atoms with Gasteiger partial charge in [0.2, 0.25) is 5.91 Å². The summed E-state index contributed by atoms with van der Waals surface area (Å²) in [5.74, 6) is 1.72. The number of hydrogen-bond donors (Lipinski definition) is 1. The van der Waals surface area contributed by atoms with Crippen molar-refractivity contribution in [2.75, 3.05) is 70.3 Å². The van der Waals surface area contributed by atoms with Crippen LogP contribution in [0.5, 0.6) is 17.5 Å². The van der Waals surface area contributed by atoms with E-state index in [4.69, 9.17) is 19.4 Å². The Hall–Kier alpha value is -3.53. The zero-order chi connectivity index (χ0) is 25.8. The third kappa shape index (κ3) is 5.64. The summed E-state index contributed by atoms with van der Waals surface area (Å²) in [6, 6.07) is 5.47. The molecule has 0 aliphatic carbocycles. The van der Waals surface area contributed by atoms with Crippen LogP contribution >= 0.6 is 0 Å². The van der Waals surface area contributed by atoms with Gasteiger partial charge in [0.1, 0.15) is 23.4 Å². The standard InChI is InChI=1S/C26H36N6O4/c1-6-24(34)30-11-13-31(14-12-30)25-20-9-10-32(22-15-19(33)7-8-23(22)35-5)17-21(20)27-26(28-25)36-18(2)16-29(3)4/h6-8,15,18,33H,1,9-14,16-17H2,2-5H3. The molecular formula is C26H36N6O4. The molecule has 1 atom stereocenters. The molecule has 0 saturated carbocycles. The average Bonchev–Trinajstić information content (AvgIpc) is 2.87. The fourth-order valence-electron chi connectivity index (χ4n) is 4.83. The van der Waals surface area contributed by atoms with E-state index in [1.807, 2.05) is 25.9 Å². The van der Waals surface area contributed by atoms with E-state index in [0.717, 1.165) is 42.3 Å². The lowest BCUT2D eigenvalue weighted by molar-refractivity contribution is -0.126. The molecule has 3 heterocycles. The maximum absolute atomic E-state index is 12.1. The highest BCUT2D eigenvalue weighted by Crippen LogP contribution is 2.37. The number of hydrogen-bond acceptors (Lipinski definition) is 9. The molecule has 1 aromatic carbocycles. The molecule has 2 aromatic rings. The second kappa shape index (κ2) is 11.0. The number of methoxy groups -OCH3 is 1. The number of phenolic OH excluding ortho intramolecular Hbond substituents is 1. The van der Waals surface area contributed by atoms with Gasteiger partial charge in [-0.1, -0.05) is 6.58 Å². The van der Waals surface area contributed by atoms with Gasteiger partial charge in [0, 0.05) is 50.9 Å². The van der Waals surface area contributed by atoms with Crippen LogP contribution in [0, 0.1) is 0 Å². The molecule has 36 heavy (non-hydrogen) atoms. The molecule has 10 heteroatoms. The van der Waals surface area contributed by atoms with E-state index in [1.165, 1.54) is 6.08 Å². The average molecular weight is 497 g/mol. The lowest BCUT2D eigenvalue weighted by Gasteiger charge is -2.38. The molecule has 2 aliphatic heterocycles. The van der Waals surface area contributed by atoms with Crippen molar-refractivity contribution in [3.8, 4) is 17.5 Å². The Morgan fingerprint density at radius 2 is 1.94 bits per heavy atom. The number of amides is 1. The minimum absolute atomic E-state index is 0.0448. The number of nitrogens with zero attached hydrogens (tertiary/aromatic N) is 6. The molecule has 194 valence electrons. The number of fused-ring (bicyclic) bond motifs is 1. The van der Waals surface area contributed by atoms with Crippen LogP contribution in [0.4, 0.5) is 11.5 Å². The van der Waals surface area contributed by atoms with E-state index in [0.29, 0.717) is 44.5 Å². The molecule has 0 radical (unpaired) electrons. The highest BCUT2D eigenvalue weighted by molar-refractivity contribution is 5.87. The number of carbonyl (C=O) groups is 1. The summed E-state index contributed by atoms with van der Waals surface area (Å²) >= 11 is 0. The zero-order valence-corrected chi connectivity index (χ0v) is 21.6. The summed E-state index contributed by atoms with van der Waals surface area (Å²) < 4.78 is 11.7. The number of ether oxygens (including phenoxy) is 2. The Balaban J connectivity index is 1.65. The number of phenols is 1. The fourth-order valence-corrected chi connectivity index (χ4v) is 4.83. The van der Waals surface area contributed by atoms with Crippen LogP contribution in [0.1, 0.15) is 18.2 Å². The Labute approximate surface area is 212 Å². The molecule has 2 aliphatic rings. The van der Waals surface area contributed by atoms with Crippen LogP contribution in [0.15, 0.2) is 30.9 Å². The van der Waals surface area contributed by atoms with Crippen molar-refractivity contribution in [3.05, 3.63) is 42.1 Å². The Morgan fingerprint density at radius 3 is 2.61 bits per heavy atom. The van der Waals surface area contributed by atoms with Gasteiger partial charge in [-0.2, -0.15) is 9.97 Å². The highest BCUT2D eigenvalue weighted by Gasteiger charge is 2.29. The molecule has 1 saturated heterocycles. The van der Waals surface area contributed by atoms with Gasteiger partial charge in [-0.05, 0) is 45.6 Å². The number of aromatic hydroxyl groups is 1. The highest BCUT2D eigenvalue weighted by atomic mass is 16.5. The first-order valence-corrected chi connectivity index (χ1v) is 12.3. The summed E-state index contributed by atoms with van der Waals surface area (Å²) in [5.41, 5.74) is 2.82. The fraction of sp³-hybridized carbons (Fsp3) is 0.500. The molecule has 1 aromatic heterocycles. The third-order valence-electron chi connectivity index (χ3n) is 6.52. The monoisotopic (exact) mass is 496 g/mol. The third-order valence-corrected chi connectivity index (χ3v) is 6.52. The van der Waals surface area contributed by atoms with Crippen molar-refractivity contribution in [1.29, 1.82) is 0 Å². The molecule has 4 rings (SSSR count). The first kappa shape index (κ1) is 25.6. The molecular weight excluding hydrogens is 460 g/mol. The topological polar surface area (TPSA) is 94.5 Å². The van der Waals surface area contributed by atoms with Crippen molar-refractivity contribution in [3.63, 3.8) is 0 Å². The Bertz CT molecular complexity index is 1100. The summed E-state index contributed by atoms with van der Waals surface area (Å²) in [5, 5.41) is 10.1. The SMILES string of the molecule is C=CC(=O)N1CCN(c2nc(OC(C)CN(C)C)nc3c2CCN(c2cc(O)ccc2OC)C3)CC1. The largest absolute Gasteiger partial charge is 0.508 e. The first-order chi connectivity index (χ1) is 17.3. The van der Waals surface area contributed by atoms with Gasteiger partial charge >= 0.3 is 6.01 Å². The number of anilines is 2. The van der Waals surface area contributed by atoms with E-state index >= 15 is 0 Å². The molecule has 1 unspecified atom stereocenters. The van der Waals surface area contributed by atoms with Gasteiger partial charge in [-0.3, -0.25) is 4.79 Å². The van der Waals surface area contributed by atoms with Crippen LogP contribution in [0.2, 0.25) is 0 Å². The summed E-state index contributed by atoms with van der Waals surface area (Å²) in [7, 11) is 5.63. The zero-order valence-electron chi connectivity index (χ0n) is 21.6. The van der Waals surface area contributed by atoms with Crippen LogP contribution < -0.4 is 19.3 Å². The van der Waals surface area contributed by atoms with Crippen molar-refractivity contribution in [2.45, 2.75) is 26.0 Å². The predicted octanol–water partition coefficient (Wildman–Crippen LogP) is 1.92. The molecule has 1 amide bonds. The van der Waals surface area contributed by atoms with Gasteiger partial charge in [-0.25, -0.2) is 0 Å². The molecule has 0 bridgehead atoms. The number of rotatable bonds is 8. The van der Waals surface area contributed by atoms with Gasteiger partial charge in [-0.15, -0.1) is 0 Å². The van der Waals surface area contributed by atoms with Gasteiger partial charge in [0.15, 0.2) is 0 Å². The van der Waals surface area contributed by atoms with E-state index in [9.17, 15) is 9.90 Å². The summed E-state index contributed by atoms with van der Waals surface area (Å²) in [6.07, 6.45) is 2.02. The summed E-state index contributed by atoms with van der Waals surface area (Å²) in [4.78, 5) is 30.0. The maximum Gasteiger partial charge on any atom is 0.318 e. The van der Waals surface area contributed by atoms with Gasteiger partial charge in [0.05, 0.1) is 25.0 Å². The Kier molecular flexibility index (Phi) is 7.83. The molecule has 1 fully saturated rings. The van der Waals surface area contributed by atoms with Crippen LogP contribution in [0.3, 0.4) is 0 Å². The van der Waals surface area contributed by atoms with E-state index in [1.54, 1.807) is 25.3 Å². The van der Waals surface area contributed by atoms with Crippen LogP contribution in [0.25, 0.3) is 0 Å². The Morgan fingerprint density at radius 1 is 1.19 bits per heavy atom. The number of likely N-dealkylation sites (N-methyl/N-ethyl adjacent to an activating group) is 1. The van der Waals surface area contributed by atoms with E-state index in [2.05, 4.69) is 21.3 Å². The second-order valence-electron chi connectivity index (χ2n) is 9.49. The van der Waals surface area contributed by atoms with E-state index < -0.39 is 0 Å². The van der Waals surface area contributed by atoms with E-state index in [-0.39, 0.29) is 17.8 Å². The number of carbonyl (C=O) groups excluding carboxylic acids is 1. The first-order valence-electron chi connectivity index (χ1n) is 12.3. The van der Waals surface area contributed by atoms with Crippen molar-refractivity contribution in [2.24, 2.45) is 0 Å². The molecule has 1 N–H and O–H groups in total. The predicted molar refractivity (Wildman–Crippen MR) is 139 cm³/mol.